The molecular weight excluding hydrogens is 340 g/mol. The number of hydrogen-bond acceptors (Lipinski definition) is 3. The molecule has 0 aromatic rings. The van der Waals surface area contributed by atoms with Crippen molar-refractivity contribution in [2.24, 2.45) is 5.92 Å². The number of rotatable bonds is 20. The molecule has 0 aliphatic carbocycles. The van der Waals surface area contributed by atoms with Crippen LogP contribution >= 0.6 is 0 Å². The minimum absolute atomic E-state index is 0.00871. The number of carbonyl (C=O) groups excluding carboxylic acids is 1. The van der Waals surface area contributed by atoms with E-state index < -0.39 is 5.97 Å². The van der Waals surface area contributed by atoms with E-state index in [4.69, 9.17) is 9.84 Å². The van der Waals surface area contributed by atoms with Crippen molar-refractivity contribution in [3.63, 3.8) is 0 Å². The summed E-state index contributed by atoms with van der Waals surface area (Å²) in [5.41, 5.74) is 0. The molecule has 0 spiro atoms. The van der Waals surface area contributed by atoms with Crippen LogP contribution in [0.15, 0.2) is 0 Å². The maximum atomic E-state index is 12.5. The van der Waals surface area contributed by atoms with Crippen LogP contribution < -0.4 is 0 Å². The van der Waals surface area contributed by atoms with E-state index in [0.717, 1.165) is 44.9 Å². The van der Waals surface area contributed by atoms with E-state index in [1.54, 1.807) is 0 Å². The molecule has 0 fully saturated rings. The molecule has 0 aromatic heterocycles. The van der Waals surface area contributed by atoms with Crippen LogP contribution in [0.1, 0.15) is 123 Å². The zero-order valence-electron chi connectivity index (χ0n) is 18.0. The van der Waals surface area contributed by atoms with Crippen molar-refractivity contribution in [1.82, 2.24) is 0 Å². The lowest BCUT2D eigenvalue weighted by atomic mass is 9.94. The summed E-state index contributed by atoms with van der Waals surface area (Å²) in [5.74, 6) is -0.673. The molecule has 4 nitrogen and oxygen atoms in total. The van der Waals surface area contributed by atoms with Crippen molar-refractivity contribution in [2.75, 3.05) is 6.61 Å². The Morgan fingerprint density at radius 3 is 1.78 bits per heavy atom. The lowest BCUT2D eigenvalue weighted by Crippen LogP contribution is -2.18. The summed E-state index contributed by atoms with van der Waals surface area (Å²) in [6.45, 7) is 4.92. The molecule has 0 rings (SSSR count). The quantitative estimate of drug-likeness (QED) is 0.183. The molecule has 0 heterocycles. The Morgan fingerprint density at radius 2 is 1.19 bits per heavy atom. The maximum absolute atomic E-state index is 12.5. The Kier molecular flexibility index (Phi) is 18.9. The molecule has 0 bridgehead atoms. The Balaban J connectivity index is 3.98. The van der Waals surface area contributed by atoms with Gasteiger partial charge in [0.25, 0.3) is 0 Å². The third kappa shape index (κ3) is 18.1. The monoisotopic (exact) mass is 384 g/mol. The second-order valence-corrected chi connectivity index (χ2v) is 7.83. The Morgan fingerprint density at radius 1 is 0.704 bits per heavy atom. The number of ether oxygens (including phenoxy) is 1. The van der Waals surface area contributed by atoms with Gasteiger partial charge in [0.1, 0.15) is 0 Å². The molecule has 1 atom stereocenters. The number of aliphatic carboxylic acids is 1. The maximum Gasteiger partial charge on any atom is 0.308 e. The number of hydrogen-bond donors (Lipinski definition) is 1. The van der Waals surface area contributed by atoms with Gasteiger partial charge in [0.15, 0.2) is 0 Å². The fraction of sp³-hybridized carbons (Fsp3) is 0.913. The van der Waals surface area contributed by atoms with Gasteiger partial charge in [-0.05, 0) is 25.7 Å². The van der Waals surface area contributed by atoms with Crippen molar-refractivity contribution in [1.29, 1.82) is 0 Å². The largest absolute Gasteiger partial charge is 0.481 e. The molecule has 4 heteroatoms. The first-order valence-corrected chi connectivity index (χ1v) is 11.5. The van der Waals surface area contributed by atoms with E-state index in [-0.39, 0.29) is 18.3 Å². The van der Waals surface area contributed by atoms with Crippen LogP contribution in [-0.2, 0) is 14.3 Å². The second kappa shape index (κ2) is 19.7. The lowest BCUT2D eigenvalue weighted by Gasteiger charge is -2.16. The average Bonchev–Trinajstić information content (AvgIpc) is 2.65. The van der Waals surface area contributed by atoms with Gasteiger partial charge in [0.05, 0.1) is 12.5 Å². The highest BCUT2D eigenvalue weighted by atomic mass is 16.5. The molecule has 160 valence electrons. The predicted octanol–water partition coefficient (Wildman–Crippen LogP) is 6.90. The number of unbranched alkanes of at least 4 members (excludes halogenated alkanes) is 11. The van der Waals surface area contributed by atoms with E-state index >= 15 is 0 Å². The van der Waals surface area contributed by atoms with Crippen LogP contribution in [0.25, 0.3) is 0 Å². The molecule has 0 amide bonds. The zero-order valence-corrected chi connectivity index (χ0v) is 18.0. The van der Waals surface area contributed by atoms with Gasteiger partial charge < -0.3 is 9.84 Å². The number of esters is 1. The molecule has 0 aromatic carbocycles. The third-order valence-corrected chi connectivity index (χ3v) is 5.17. The summed E-state index contributed by atoms with van der Waals surface area (Å²) in [4.78, 5) is 22.9. The highest BCUT2D eigenvalue weighted by Crippen LogP contribution is 2.20. The van der Waals surface area contributed by atoms with Crippen molar-refractivity contribution >= 4 is 11.9 Å². The van der Waals surface area contributed by atoms with Gasteiger partial charge in [0.2, 0.25) is 0 Å². The molecule has 0 aliphatic rings. The molecule has 0 aliphatic heterocycles. The van der Waals surface area contributed by atoms with Crippen LogP contribution in [0, 0.1) is 5.92 Å². The Labute approximate surface area is 167 Å². The molecular formula is C23H44O4. The normalized spacial score (nSPS) is 12.1. The highest BCUT2D eigenvalue weighted by Gasteiger charge is 2.19. The fourth-order valence-electron chi connectivity index (χ4n) is 3.39. The summed E-state index contributed by atoms with van der Waals surface area (Å²) >= 11 is 0. The molecule has 1 N–H and O–H groups in total. The summed E-state index contributed by atoms with van der Waals surface area (Å²) in [6, 6.07) is 0. The number of carboxylic acids is 1. The van der Waals surface area contributed by atoms with Crippen molar-refractivity contribution < 1.29 is 19.4 Å². The van der Waals surface area contributed by atoms with E-state index in [9.17, 15) is 9.59 Å². The van der Waals surface area contributed by atoms with Crippen LogP contribution in [0.3, 0.4) is 0 Å². The first-order valence-electron chi connectivity index (χ1n) is 11.5. The highest BCUT2D eigenvalue weighted by molar-refractivity contribution is 5.72. The third-order valence-electron chi connectivity index (χ3n) is 5.17. The van der Waals surface area contributed by atoms with Crippen molar-refractivity contribution in [2.45, 2.75) is 123 Å². The number of carboxylic acid groups (broad SMARTS) is 1. The standard InChI is InChI=1S/C23H44O4/c1-3-5-7-9-10-14-18-21(17-13-8-6-4-2)23(26)27-20-16-12-11-15-19-22(24)25/h21H,3-20H2,1-2H3,(H,24,25). The van der Waals surface area contributed by atoms with Gasteiger partial charge in [-0.15, -0.1) is 0 Å². The SMILES string of the molecule is CCCCCCCCC(CCCCCC)C(=O)OCCCCCCC(=O)O. The summed E-state index contributed by atoms with van der Waals surface area (Å²) in [5, 5.41) is 8.62. The van der Waals surface area contributed by atoms with Crippen LogP contribution in [-0.4, -0.2) is 23.7 Å². The second-order valence-electron chi connectivity index (χ2n) is 7.83. The van der Waals surface area contributed by atoms with Gasteiger partial charge in [-0.2, -0.15) is 0 Å². The summed E-state index contributed by atoms with van der Waals surface area (Å²) < 4.78 is 5.53. The lowest BCUT2D eigenvalue weighted by molar-refractivity contribution is -0.149. The molecule has 0 saturated carbocycles. The van der Waals surface area contributed by atoms with Gasteiger partial charge in [-0.3, -0.25) is 9.59 Å². The number of carbonyl (C=O) groups is 2. The molecule has 0 saturated heterocycles. The minimum Gasteiger partial charge on any atom is -0.481 e. The Hall–Kier alpha value is -1.06. The van der Waals surface area contributed by atoms with Gasteiger partial charge >= 0.3 is 11.9 Å². The average molecular weight is 385 g/mol. The van der Waals surface area contributed by atoms with Crippen LogP contribution in [0.5, 0.6) is 0 Å². The first kappa shape index (κ1) is 25.9. The molecule has 27 heavy (non-hydrogen) atoms. The van der Waals surface area contributed by atoms with Crippen LogP contribution in [0.4, 0.5) is 0 Å². The van der Waals surface area contributed by atoms with Gasteiger partial charge in [-0.25, -0.2) is 0 Å². The summed E-state index contributed by atoms with van der Waals surface area (Å²) in [7, 11) is 0. The zero-order chi connectivity index (χ0) is 20.2. The van der Waals surface area contributed by atoms with Gasteiger partial charge in [-0.1, -0.05) is 90.9 Å². The van der Waals surface area contributed by atoms with Crippen LogP contribution in [0.2, 0.25) is 0 Å². The molecule has 1 unspecified atom stereocenters. The van der Waals surface area contributed by atoms with Crippen molar-refractivity contribution in [3.8, 4) is 0 Å². The predicted molar refractivity (Wildman–Crippen MR) is 112 cm³/mol. The van der Waals surface area contributed by atoms with E-state index in [0.29, 0.717) is 13.0 Å². The van der Waals surface area contributed by atoms with E-state index in [1.807, 2.05) is 0 Å². The smallest absolute Gasteiger partial charge is 0.308 e. The Bertz CT molecular complexity index is 354. The fourth-order valence-corrected chi connectivity index (χ4v) is 3.39. The van der Waals surface area contributed by atoms with Gasteiger partial charge in [0, 0.05) is 6.42 Å². The minimum atomic E-state index is -0.734. The molecule has 0 radical (unpaired) electrons. The first-order chi connectivity index (χ1) is 13.1. The van der Waals surface area contributed by atoms with Crippen molar-refractivity contribution in [3.05, 3.63) is 0 Å². The summed E-state index contributed by atoms with van der Waals surface area (Å²) in [6.07, 6.45) is 17.9. The van der Waals surface area contributed by atoms with E-state index in [2.05, 4.69) is 13.8 Å². The van der Waals surface area contributed by atoms with E-state index in [1.165, 1.54) is 51.4 Å². The topological polar surface area (TPSA) is 63.6 Å².